The first kappa shape index (κ1) is 20.9. The molecular weight excluding hydrogens is 312 g/mol. The number of rotatable bonds is 7. The van der Waals surface area contributed by atoms with E-state index >= 15 is 0 Å². The third kappa shape index (κ3) is 6.70. The van der Waals surface area contributed by atoms with Gasteiger partial charge in [0, 0.05) is 33.3 Å². The minimum absolute atomic E-state index is 0.645. The molecule has 0 unspecified atom stereocenters. The molecule has 0 amide bonds. The standard InChI is InChI=1S/C13H24N4O.C7H10/c1-15-11-8-10(14)13(18-5)9-12(11)17(4)7-6-16(2)3;1-2-4-7-5-3-6-7/h8-9,15H,6-7,14H2,1-5H3;2,4H,1,3,5-6H2. The van der Waals surface area contributed by atoms with Crippen LogP contribution < -0.4 is 20.7 Å². The Morgan fingerprint density at radius 1 is 1.24 bits per heavy atom. The van der Waals surface area contributed by atoms with E-state index in [0.717, 1.165) is 24.5 Å². The Balaban J connectivity index is 0.000000370. The lowest BCUT2D eigenvalue weighted by atomic mass is 9.92. The zero-order valence-electron chi connectivity index (χ0n) is 16.4. The summed E-state index contributed by atoms with van der Waals surface area (Å²) in [5.74, 6) is 0.709. The zero-order chi connectivity index (χ0) is 18.8. The highest BCUT2D eigenvalue weighted by molar-refractivity contribution is 5.78. The van der Waals surface area contributed by atoms with Crippen LogP contribution in [-0.4, -0.2) is 53.3 Å². The second-order valence-corrected chi connectivity index (χ2v) is 6.50. The van der Waals surface area contributed by atoms with Crippen molar-refractivity contribution in [1.29, 1.82) is 0 Å². The quantitative estimate of drug-likeness (QED) is 0.739. The van der Waals surface area contributed by atoms with Crippen molar-refractivity contribution in [3.05, 3.63) is 36.4 Å². The second-order valence-electron chi connectivity index (χ2n) is 6.50. The third-order valence-electron chi connectivity index (χ3n) is 4.26. The number of allylic oxidation sites excluding steroid dienone is 3. The molecule has 0 radical (unpaired) electrons. The van der Waals surface area contributed by atoms with E-state index in [2.05, 4.69) is 48.9 Å². The first-order valence-electron chi connectivity index (χ1n) is 8.74. The highest BCUT2D eigenvalue weighted by atomic mass is 16.5. The van der Waals surface area contributed by atoms with Crippen LogP contribution in [0.25, 0.3) is 0 Å². The Labute approximate surface area is 153 Å². The van der Waals surface area contributed by atoms with Crippen LogP contribution in [0.3, 0.4) is 0 Å². The van der Waals surface area contributed by atoms with Crippen LogP contribution in [0.5, 0.6) is 5.75 Å². The van der Waals surface area contributed by atoms with E-state index in [4.69, 9.17) is 10.5 Å². The Morgan fingerprint density at radius 2 is 1.92 bits per heavy atom. The number of hydrogen-bond donors (Lipinski definition) is 2. The van der Waals surface area contributed by atoms with Gasteiger partial charge < -0.3 is 25.6 Å². The monoisotopic (exact) mass is 346 g/mol. The van der Waals surface area contributed by atoms with Gasteiger partial charge >= 0.3 is 0 Å². The number of benzene rings is 1. The molecule has 0 saturated heterocycles. The first-order valence-corrected chi connectivity index (χ1v) is 8.74. The van der Waals surface area contributed by atoms with Crippen LogP contribution in [0.2, 0.25) is 0 Å². The van der Waals surface area contributed by atoms with Crippen LogP contribution in [0.1, 0.15) is 19.3 Å². The molecule has 1 aromatic carbocycles. The summed E-state index contributed by atoms with van der Waals surface area (Å²) < 4.78 is 5.27. The van der Waals surface area contributed by atoms with Crippen molar-refractivity contribution >= 4 is 17.1 Å². The summed E-state index contributed by atoms with van der Waals surface area (Å²) in [6.45, 7) is 5.54. The molecule has 0 atom stereocenters. The fourth-order valence-corrected chi connectivity index (χ4v) is 2.46. The number of nitrogens with two attached hydrogens (primary N) is 1. The molecule has 2 rings (SSSR count). The van der Waals surface area contributed by atoms with Gasteiger partial charge in [-0.05, 0) is 39.4 Å². The number of methoxy groups -OCH3 is 1. The van der Waals surface area contributed by atoms with Gasteiger partial charge in [0.25, 0.3) is 0 Å². The summed E-state index contributed by atoms with van der Waals surface area (Å²) >= 11 is 0. The minimum Gasteiger partial charge on any atom is -0.495 e. The van der Waals surface area contributed by atoms with Gasteiger partial charge in [0.2, 0.25) is 0 Å². The highest BCUT2D eigenvalue weighted by Gasteiger charge is 2.11. The third-order valence-corrected chi connectivity index (χ3v) is 4.26. The number of likely N-dealkylation sites (N-methyl/N-ethyl adjacent to an activating group) is 2. The van der Waals surface area contributed by atoms with Gasteiger partial charge in [-0.15, -0.1) is 0 Å². The summed E-state index contributed by atoms with van der Waals surface area (Å²) in [7, 11) is 9.72. The van der Waals surface area contributed by atoms with E-state index in [1.165, 1.54) is 19.3 Å². The molecule has 0 aromatic heterocycles. The molecule has 3 N–H and O–H groups in total. The molecule has 1 aliphatic rings. The van der Waals surface area contributed by atoms with Crippen molar-refractivity contribution < 1.29 is 4.74 Å². The van der Waals surface area contributed by atoms with Crippen molar-refractivity contribution in [1.82, 2.24) is 4.90 Å². The van der Waals surface area contributed by atoms with E-state index in [-0.39, 0.29) is 0 Å². The van der Waals surface area contributed by atoms with E-state index in [1.807, 2.05) is 25.3 Å². The predicted molar refractivity (Wildman–Crippen MR) is 111 cm³/mol. The summed E-state index contributed by atoms with van der Waals surface area (Å²) in [4.78, 5) is 4.35. The molecule has 1 aromatic rings. The van der Waals surface area contributed by atoms with Gasteiger partial charge in [0.1, 0.15) is 5.75 Å². The van der Waals surface area contributed by atoms with E-state index < -0.39 is 0 Å². The maximum absolute atomic E-state index is 5.91. The molecule has 5 nitrogen and oxygen atoms in total. The van der Waals surface area contributed by atoms with Crippen molar-refractivity contribution in [3.8, 4) is 5.75 Å². The Morgan fingerprint density at radius 3 is 2.32 bits per heavy atom. The molecule has 25 heavy (non-hydrogen) atoms. The number of anilines is 3. The van der Waals surface area contributed by atoms with Crippen molar-refractivity contribution in [2.75, 3.05) is 64.3 Å². The first-order chi connectivity index (χ1) is 11.9. The van der Waals surface area contributed by atoms with Gasteiger partial charge in [-0.3, -0.25) is 0 Å². The number of nitrogens with one attached hydrogen (secondary N) is 1. The fourth-order valence-electron chi connectivity index (χ4n) is 2.46. The topological polar surface area (TPSA) is 53.8 Å². The van der Waals surface area contributed by atoms with Gasteiger partial charge in [0.05, 0.1) is 24.2 Å². The van der Waals surface area contributed by atoms with Gasteiger partial charge in [0.15, 0.2) is 0 Å². The van der Waals surface area contributed by atoms with E-state index in [0.29, 0.717) is 11.4 Å². The van der Waals surface area contributed by atoms with Gasteiger partial charge in [-0.25, -0.2) is 0 Å². The van der Waals surface area contributed by atoms with Crippen LogP contribution in [0.15, 0.2) is 36.4 Å². The maximum atomic E-state index is 5.91. The Hall–Kier alpha value is -2.14. The fraction of sp³-hybridized carbons (Fsp3) is 0.500. The molecule has 5 heteroatoms. The number of nitrogens with zero attached hydrogens (tertiary/aromatic N) is 2. The normalized spacial score (nSPS) is 12.6. The smallest absolute Gasteiger partial charge is 0.143 e. The van der Waals surface area contributed by atoms with Gasteiger partial charge in [-0.1, -0.05) is 24.3 Å². The summed E-state index contributed by atoms with van der Waals surface area (Å²) in [6.07, 6.45) is 8.00. The van der Waals surface area contributed by atoms with Crippen LogP contribution in [-0.2, 0) is 0 Å². The lowest BCUT2D eigenvalue weighted by molar-refractivity contribution is 0.413. The Kier molecular flexibility index (Phi) is 8.92. The van der Waals surface area contributed by atoms with Crippen molar-refractivity contribution in [2.24, 2.45) is 0 Å². The van der Waals surface area contributed by atoms with Crippen molar-refractivity contribution in [2.45, 2.75) is 19.3 Å². The number of nitrogen functional groups attached to an aromatic ring is 1. The molecule has 0 heterocycles. The summed E-state index contributed by atoms with van der Waals surface area (Å²) in [5.41, 5.74) is 10.2. The van der Waals surface area contributed by atoms with Crippen LogP contribution >= 0.6 is 0 Å². The molecule has 0 bridgehead atoms. The largest absolute Gasteiger partial charge is 0.495 e. The van der Waals surface area contributed by atoms with E-state index in [1.54, 1.807) is 12.7 Å². The minimum atomic E-state index is 0.645. The van der Waals surface area contributed by atoms with Gasteiger partial charge in [-0.2, -0.15) is 0 Å². The summed E-state index contributed by atoms with van der Waals surface area (Å²) in [6, 6.07) is 3.87. The summed E-state index contributed by atoms with van der Waals surface area (Å²) in [5, 5.41) is 3.17. The SMILES string of the molecule is C=CC=C1CCC1.CNc1cc(N)c(OC)cc1N(C)CCN(C)C. The zero-order valence-corrected chi connectivity index (χ0v) is 16.4. The lowest BCUT2D eigenvalue weighted by Crippen LogP contribution is -2.29. The molecule has 1 saturated carbocycles. The molecule has 1 fully saturated rings. The maximum Gasteiger partial charge on any atom is 0.143 e. The molecule has 140 valence electrons. The van der Waals surface area contributed by atoms with Crippen LogP contribution in [0, 0.1) is 0 Å². The number of hydrogen-bond acceptors (Lipinski definition) is 5. The van der Waals surface area contributed by atoms with Crippen LogP contribution in [0.4, 0.5) is 17.1 Å². The Bertz CT molecular complexity index is 575. The average molecular weight is 347 g/mol. The lowest BCUT2D eigenvalue weighted by Gasteiger charge is -2.25. The molecule has 0 spiro atoms. The average Bonchev–Trinajstić information content (AvgIpc) is 2.56. The predicted octanol–water partition coefficient (Wildman–Crippen LogP) is 3.60. The van der Waals surface area contributed by atoms with Crippen molar-refractivity contribution in [3.63, 3.8) is 0 Å². The molecular formula is C20H34N4O. The molecule has 0 aliphatic heterocycles. The second kappa shape index (κ2) is 10.7. The number of ether oxygens (including phenoxy) is 1. The molecule has 1 aliphatic carbocycles. The van der Waals surface area contributed by atoms with E-state index in [9.17, 15) is 0 Å². The highest BCUT2D eigenvalue weighted by Crippen LogP contribution is 2.34.